The SMILES string of the molecule is Cn1cnc(C2=CN/C(=C\C=N)C(Oc3ccc(Nc4ncccc4C(=O)Nc4ccccc4)cc3F)=C2)c1. The van der Waals surface area contributed by atoms with Crippen LogP contribution in [0.25, 0.3) is 5.57 Å². The first kappa shape index (κ1) is 25.2. The number of aromatic nitrogens is 3. The van der Waals surface area contributed by atoms with Gasteiger partial charge in [-0.2, -0.15) is 0 Å². The zero-order chi connectivity index (χ0) is 27.2. The zero-order valence-corrected chi connectivity index (χ0v) is 20.9. The number of aryl methyl sites for hydroxylation is 1. The molecule has 1 aliphatic heterocycles. The molecule has 3 heterocycles. The fraction of sp³-hybridized carbons (Fsp3) is 0.0345. The maximum Gasteiger partial charge on any atom is 0.259 e. The number of dihydropyridines is 1. The molecule has 10 heteroatoms. The van der Waals surface area contributed by atoms with Gasteiger partial charge in [0.2, 0.25) is 0 Å². The second-order valence-corrected chi connectivity index (χ2v) is 8.52. The maximum absolute atomic E-state index is 15.2. The molecule has 39 heavy (non-hydrogen) atoms. The van der Waals surface area contributed by atoms with Gasteiger partial charge in [-0.1, -0.05) is 18.2 Å². The number of halogens is 1. The molecule has 0 bridgehead atoms. The second kappa shape index (κ2) is 11.3. The number of para-hydroxylation sites is 1. The van der Waals surface area contributed by atoms with E-state index in [0.29, 0.717) is 34.1 Å². The van der Waals surface area contributed by atoms with E-state index in [1.54, 1.807) is 55.1 Å². The number of nitrogens with zero attached hydrogens (tertiary/aromatic N) is 3. The fourth-order valence-corrected chi connectivity index (χ4v) is 3.82. The van der Waals surface area contributed by atoms with E-state index in [2.05, 4.69) is 25.9 Å². The Morgan fingerprint density at radius 1 is 1.10 bits per heavy atom. The molecule has 0 aliphatic carbocycles. The highest BCUT2D eigenvalue weighted by atomic mass is 19.1. The van der Waals surface area contributed by atoms with Crippen molar-refractivity contribution in [3.05, 3.63) is 126 Å². The summed E-state index contributed by atoms with van der Waals surface area (Å²) in [7, 11) is 1.86. The van der Waals surface area contributed by atoms with Crippen molar-refractivity contribution < 1.29 is 13.9 Å². The molecule has 194 valence electrons. The van der Waals surface area contributed by atoms with Crippen LogP contribution in [0.1, 0.15) is 16.1 Å². The number of pyridine rings is 1. The van der Waals surface area contributed by atoms with E-state index in [1.807, 2.05) is 36.0 Å². The number of allylic oxidation sites excluding steroid dienone is 3. The van der Waals surface area contributed by atoms with Crippen molar-refractivity contribution in [2.75, 3.05) is 10.6 Å². The molecule has 4 aromatic rings. The normalized spacial score (nSPS) is 13.6. The summed E-state index contributed by atoms with van der Waals surface area (Å²) in [6.45, 7) is 0. The molecule has 2 aromatic heterocycles. The minimum atomic E-state index is -0.629. The van der Waals surface area contributed by atoms with Crippen molar-refractivity contribution in [2.24, 2.45) is 7.05 Å². The van der Waals surface area contributed by atoms with Crippen LogP contribution in [-0.2, 0) is 7.05 Å². The Balaban J connectivity index is 1.35. The van der Waals surface area contributed by atoms with Crippen LogP contribution in [0, 0.1) is 11.2 Å². The third kappa shape index (κ3) is 5.91. The molecule has 0 saturated heterocycles. The average Bonchev–Trinajstić information content (AvgIpc) is 3.38. The number of hydrogen-bond acceptors (Lipinski definition) is 7. The molecule has 5 rings (SSSR count). The maximum atomic E-state index is 15.2. The van der Waals surface area contributed by atoms with Crippen molar-refractivity contribution in [3.8, 4) is 5.75 Å². The molecule has 0 saturated carbocycles. The van der Waals surface area contributed by atoms with E-state index in [4.69, 9.17) is 10.1 Å². The highest BCUT2D eigenvalue weighted by molar-refractivity contribution is 6.07. The van der Waals surface area contributed by atoms with Crippen LogP contribution in [0.15, 0.2) is 109 Å². The van der Waals surface area contributed by atoms with E-state index >= 15 is 4.39 Å². The molecular weight excluding hydrogens is 497 g/mol. The standard InChI is InChI=1S/C29H24FN7O2/c1-37-17-25(34-18-37)19-14-27(24(11-12-31)33-16-19)39-26-10-9-21(15-23(26)30)35-28-22(8-5-13-32-28)29(38)36-20-6-3-2-4-7-20/h2-18,31,33H,1H3,(H,32,35)(H,36,38)/b24-11-,31-12?. The Kier molecular flexibility index (Phi) is 7.26. The predicted octanol–water partition coefficient (Wildman–Crippen LogP) is 5.39. The van der Waals surface area contributed by atoms with Gasteiger partial charge in [-0.05, 0) is 48.6 Å². The number of rotatable bonds is 8. The van der Waals surface area contributed by atoms with Gasteiger partial charge in [0.05, 0.1) is 23.3 Å². The number of ether oxygens (including phenoxy) is 1. The molecule has 0 fully saturated rings. The molecule has 1 aliphatic rings. The monoisotopic (exact) mass is 521 g/mol. The van der Waals surface area contributed by atoms with Gasteiger partial charge < -0.3 is 30.7 Å². The molecule has 4 N–H and O–H groups in total. The summed E-state index contributed by atoms with van der Waals surface area (Å²) < 4.78 is 22.9. The van der Waals surface area contributed by atoms with E-state index in [1.165, 1.54) is 18.2 Å². The number of amides is 1. The number of hydrogen-bond donors (Lipinski definition) is 4. The number of carbonyl (C=O) groups excluding carboxylic acids is 1. The summed E-state index contributed by atoms with van der Waals surface area (Å²) >= 11 is 0. The van der Waals surface area contributed by atoms with Gasteiger partial charge in [0.15, 0.2) is 17.3 Å². The highest BCUT2D eigenvalue weighted by Gasteiger charge is 2.18. The quantitative estimate of drug-likeness (QED) is 0.231. The van der Waals surface area contributed by atoms with Gasteiger partial charge >= 0.3 is 0 Å². The highest BCUT2D eigenvalue weighted by Crippen LogP contribution is 2.29. The average molecular weight is 522 g/mol. The number of anilines is 3. The number of carbonyl (C=O) groups is 1. The largest absolute Gasteiger partial charge is 0.452 e. The lowest BCUT2D eigenvalue weighted by Gasteiger charge is -2.19. The van der Waals surface area contributed by atoms with E-state index in [-0.39, 0.29) is 17.5 Å². The molecule has 2 aromatic carbocycles. The van der Waals surface area contributed by atoms with Gasteiger partial charge in [-0.15, -0.1) is 0 Å². The summed E-state index contributed by atoms with van der Waals surface area (Å²) in [5.41, 5.74) is 3.27. The van der Waals surface area contributed by atoms with Crippen LogP contribution in [-0.4, -0.2) is 26.7 Å². The zero-order valence-electron chi connectivity index (χ0n) is 20.9. The summed E-state index contributed by atoms with van der Waals surface area (Å²) in [4.78, 5) is 21.5. The van der Waals surface area contributed by atoms with Gasteiger partial charge in [0.1, 0.15) is 5.82 Å². The predicted molar refractivity (Wildman–Crippen MR) is 148 cm³/mol. The van der Waals surface area contributed by atoms with Crippen LogP contribution in [0.2, 0.25) is 0 Å². The van der Waals surface area contributed by atoms with Crippen molar-refractivity contribution in [3.63, 3.8) is 0 Å². The topological polar surface area (TPSA) is 117 Å². The molecule has 0 radical (unpaired) electrons. The van der Waals surface area contributed by atoms with Crippen molar-refractivity contribution >= 4 is 34.9 Å². The van der Waals surface area contributed by atoms with E-state index < -0.39 is 5.82 Å². The molecule has 0 atom stereocenters. The minimum Gasteiger partial charge on any atom is -0.452 e. The Morgan fingerprint density at radius 2 is 1.95 bits per heavy atom. The molecular formula is C29H24FN7O2. The van der Waals surface area contributed by atoms with Crippen molar-refractivity contribution in [2.45, 2.75) is 0 Å². The van der Waals surface area contributed by atoms with Crippen LogP contribution >= 0.6 is 0 Å². The third-order valence-corrected chi connectivity index (χ3v) is 5.68. The van der Waals surface area contributed by atoms with Crippen LogP contribution in [0.4, 0.5) is 21.6 Å². The summed E-state index contributed by atoms with van der Waals surface area (Å²) in [5.74, 6) is -0.397. The molecule has 0 unspecified atom stereocenters. The molecule has 9 nitrogen and oxygen atoms in total. The first-order chi connectivity index (χ1) is 19.0. The van der Waals surface area contributed by atoms with E-state index in [0.717, 1.165) is 11.8 Å². The smallest absolute Gasteiger partial charge is 0.259 e. The van der Waals surface area contributed by atoms with Gasteiger partial charge in [-0.3, -0.25) is 4.79 Å². The Hall–Kier alpha value is -5.51. The summed E-state index contributed by atoms with van der Waals surface area (Å²) in [6, 6.07) is 16.7. The minimum absolute atomic E-state index is 0.0187. The fourth-order valence-electron chi connectivity index (χ4n) is 3.82. The van der Waals surface area contributed by atoms with Gasteiger partial charge in [0, 0.05) is 54.9 Å². The van der Waals surface area contributed by atoms with Crippen molar-refractivity contribution in [1.29, 1.82) is 5.41 Å². The van der Waals surface area contributed by atoms with Gasteiger partial charge in [0.25, 0.3) is 5.91 Å². The lowest BCUT2D eigenvalue weighted by molar-refractivity contribution is 0.102. The Labute approximate surface area is 223 Å². The first-order valence-corrected chi connectivity index (χ1v) is 11.9. The molecule has 0 spiro atoms. The number of benzene rings is 2. The number of imidazole rings is 1. The van der Waals surface area contributed by atoms with Crippen LogP contribution in [0.5, 0.6) is 5.75 Å². The van der Waals surface area contributed by atoms with Crippen molar-refractivity contribution in [1.82, 2.24) is 19.9 Å². The summed E-state index contributed by atoms with van der Waals surface area (Å²) in [6.07, 6.45) is 11.2. The summed E-state index contributed by atoms with van der Waals surface area (Å²) in [5, 5.41) is 16.3. The Bertz CT molecular complexity index is 1620. The van der Waals surface area contributed by atoms with E-state index in [9.17, 15) is 4.79 Å². The second-order valence-electron chi connectivity index (χ2n) is 8.52. The Morgan fingerprint density at radius 3 is 2.69 bits per heavy atom. The first-order valence-electron chi connectivity index (χ1n) is 11.9. The number of nitrogens with one attached hydrogen (secondary N) is 4. The third-order valence-electron chi connectivity index (χ3n) is 5.68. The van der Waals surface area contributed by atoms with Crippen LogP contribution in [0.3, 0.4) is 0 Å². The van der Waals surface area contributed by atoms with Gasteiger partial charge in [-0.25, -0.2) is 14.4 Å². The van der Waals surface area contributed by atoms with Crippen LogP contribution < -0.4 is 20.7 Å². The molecule has 1 amide bonds. The lowest BCUT2D eigenvalue weighted by atomic mass is 10.1. The lowest BCUT2D eigenvalue weighted by Crippen LogP contribution is -2.17.